The number of aromatic amines is 1. The van der Waals surface area contributed by atoms with Crippen LogP contribution in [0.4, 0.5) is 11.4 Å². The highest BCUT2D eigenvalue weighted by Crippen LogP contribution is 2.21. The van der Waals surface area contributed by atoms with Crippen molar-refractivity contribution in [1.29, 1.82) is 0 Å². The molecule has 0 saturated carbocycles. The fourth-order valence-corrected chi connectivity index (χ4v) is 2.98. The van der Waals surface area contributed by atoms with E-state index in [1.807, 2.05) is 12.1 Å². The lowest BCUT2D eigenvalue weighted by atomic mass is 10.2. The Kier molecular flexibility index (Phi) is 6.10. The van der Waals surface area contributed by atoms with Crippen molar-refractivity contribution >= 4 is 46.6 Å². The summed E-state index contributed by atoms with van der Waals surface area (Å²) in [6.45, 7) is 1.43. The van der Waals surface area contributed by atoms with Crippen molar-refractivity contribution in [2.75, 3.05) is 16.4 Å². The van der Waals surface area contributed by atoms with Crippen LogP contribution < -0.4 is 10.6 Å². The second-order valence-corrected chi connectivity index (χ2v) is 6.95. The van der Waals surface area contributed by atoms with Gasteiger partial charge in [0.2, 0.25) is 17.0 Å². The number of nitrogens with one attached hydrogen (secondary N) is 3. The molecule has 0 bridgehead atoms. The van der Waals surface area contributed by atoms with Crippen molar-refractivity contribution in [3.63, 3.8) is 0 Å². The van der Waals surface area contributed by atoms with Gasteiger partial charge in [-0.05, 0) is 42.5 Å². The quantitative estimate of drug-likeness (QED) is 0.545. The van der Waals surface area contributed by atoms with Crippen molar-refractivity contribution in [3.8, 4) is 11.4 Å². The molecule has 3 rings (SSSR count). The fourth-order valence-electron chi connectivity index (χ4n) is 2.25. The highest BCUT2D eigenvalue weighted by Gasteiger charge is 2.10. The number of halogens is 1. The van der Waals surface area contributed by atoms with Crippen molar-refractivity contribution in [2.45, 2.75) is 12.1 Å². The molecule has 138 valence electrons. The highest BCUT2D eigenvalue weighted by molar-refractivity contribution is 7.99. The number of hydrogen-bond donors (Lipinski definition) is 3. The van der Waals surface area contributed by atoms with Gasteiger partial charge in [-0.25, -0.2) is 4.98 Å². The maximum absolute atomic E-state index is 12.1. The van der Waals surface area contributed by atoms with Gasteiger partial charge in [0.1, 0.15) is 0 Å². The molecule has 0 spiro atoms. The SMILES string of the molecule is CC(=O)Nc1cccc(NC(=O)CSc2n[nH]c(-c3ccc(Cl)cc3)n2)c1. The third-order valence-corrected chi connectivity index (χ3v) is 4.48. The number of hydrogen-bond acceptors (Lipinski definition) is 5. The lowest BCUT2D eigenvalue weighted by Crippen LogP contribution is -2.14. The van der Waals surface area contributed by atoms with Gasteiger partial charge >= 0.3 is 0 Å². The van der Waals surface area contributed by atoms with Crippen LogP contribution in [0.1, 0.15) is 6.92 Å². The average Bonchev–Trinajstić information content (AvgIpc) is 3.09. The van der Waals surface area contributed by atoms with E-state index in [0.29, 0.717) is 27.4 Å². The van der Waals surface area contributed by atoms with E-state index in [1.54, 1.807) is 36.4 Å². The molecule has 0 atom stereocenters. The summed E-state index contributed by atoms with van der Waals surface area (Å²) in [4.78, 5) is 27.6. The number of carbonyl (C=O) groups excluding carboxylic acids is 2. The summed E-state index contributed by atoms with van der Waals surface area (Å²) in [5, 5.41) is 13.5. The zero-order chi connectivity index (χ0) is 19.2. The number of carbonyl (C=O) groups is 2. The van der Waals surface area contributed by atoms with E-state index in [4.69, 9.17) is 11.6 Å². The van der Waals surface area contributed by atoms with Crippen LogP contribution in [0, 0.1) is 0 Å². The number of thioether (sulfide) groups is 1. The van der Waals surface area contributed by atoms with E-state index in [2.05, 4.69) is 25.8 Å². The average molecular weight is 402 g/mol. The molecule has 1 heterocycles. The van der Waals surface area contributed by atoms with Crippen LogP contribution >= 0.6 is 23.4 Å². The molecule has 2 amide bonds. The minimum atomic E-state index is -0.196. The lowest BCUT2D eigenvalue weighted by Gasteiger charge is -2.07. The molecule has 0 aliphatic carbocycles. The van der Waals surface area contributed by atoms with Crippen molar-refractivity contribution in [3.05, 3.63) is 53.6 Å². The van der Waals surface area contributed by atoms with Crippen LogP contribution in [0.3, 0.4) is 0 Å². The third kappa shape index (κ3) is 5.57. The van der Waals surface area contributed by atoms with Gasteiger partial charge in [0.05, 0.1) is 5.75 Å². The first-order chi connectivity index (χ1) is 13.0. The predicted octanol–water partition coefficient (Wildman–Crippen LogP) is 3.81. The standard InChI is InChI=1S/C18H16ClN5O2S/c1-11(25)20-14-3-2-4-15(9-14)21-16(26)10-27-18-22-17(23-24-18)12-5-7-13(19)8-6-12/h2-9H,10H2,1H3,(H,20,25)(H,21,26)(H,22,23,24). The lowest BCUT2D eigenvalue weighted by molar-refractivity contribution is -0.114. The van der Waals surface area contributed by atoms with Crippen LogP contribution in [-0.2, 0) is 9.59 Å². The van der Waals surface area contributed by atoms with E-state index in [1.165, 1.54) is 18.7 Å². The van der Waals surface area contributed by atoms with Crippen LogP contribution in [0.5, 0.6) is 0 Å². The van der Waals surface area contributed by atoms with Gasteiger partial charge in [-0.1, -0.05) is 29.4 Å². The minimum Gasteiger partial charge on any atom is -0.326 e. The largest absolute Gasteiger partial charge is 0.326 e. The van der Waals surface area contributed by atoms with Crippen LogP contribution in [0.2, 0.25) is 5.02 Å². The molecule has 27 heavy (non-hydrogen) atoms. The maximum atomic E-state index is 12.1. The molecule has 0 saturated heterocycles. The van der Waals surface area contributed by atoms with Crippen LogP contribution in [-0.4, -0.2) is 32.7 Å². The van der Waals surface area contributed by atoms with E-state index in [0.717, 1.165) is 5.56 Å². The molecule has 3 N–H and O–H groups in total. The van der Waals surface area contributed by atoms with E-state index < -0.39 is 0 Å². The molecule has 0 aliphatic rings. The Morgan fingerprint density at radius 2 is 1.81 bits per heavy atom. The molecular weight excluding hydrogens is 386 g/mol. The van der Waals surface area contributed by atoms with E-state index in [-0.39, 0.29) is 17.6 Å². The summed E-state index contributed by atoms with van der Waals surface area (Å²) in [6.07, 6.45) is 0. The molecule has 0 radical (unpaired) electrons. The molecular formula is C18H16ClN5O2S. The molecule has 0 fully saturated rings. The second-order valence-electron chi connectivity index (χ2n) is 5.57. The first-order valence-corrected chi connectivity index (χ1v) is 9.34. The molecule has 7 nitrogen and oxygen atoms in total. The zero-order valence-corrected chi connectivity index (χ0v) is 15.9. The van der Waals surface area contributed by atoms with Gasteiger partial charge in [0, 0.05) is 28.9 Å². The smallest absolute Gasteiger partial charge is 0.234 e. The molecule has 0 aliphatic heterocycles. The normalized spacial score (nSPS) is 10.4. The third-order valence-electron chi connectivity index (χ3n) is 3.38. The van der Waals surface area contributed by atoms with E-state index in [9.17, 15) is 9.59 Å². The molecule has 9 heteroatoms. The number of H-pyrrole nitrogens is 1. The minimum absolute atomic E-state index is 0.155. The predicted molar refractivity (Wildman–Crippen MR) is 107 cm³/mol. The summed E-state index contributed by atoms with van der Waals surface area (Å²) in [5.74, 6) is 0.396. The van der Waals surface area contributed by atoms with Gasteiger partial charge in [-0.3, -0.25) is 14.7 Å². The Hall–Kier alpha value is -2.84. The van der Waals surface area contributed by atoms with Crippen LogP contribution in [0.25, 0.3) is 11.4 Å². The summed E-state index contributed by atoms with van der Waals surface area (Å²) >= 11 is 7.09. The Morgan fingerprint density at radius 1 is 1.11 bits per heavy atom. The van der Waals surface area contributed by atoms with Gasteiger partial charge in [0.25, 0.3) is 0 Å². The number of rotatable bonds is 6. The molecule has 0 unspecified atom stereocenters. The number of amides is 2. The first kappa shape index (κ1) is 18.9. The Labute approximate surface area is 164 Å². The summed E-state index contributed by atoms with van der Waals surface area (Å²) < 4.78 is 0. The highest BCUT2D eigenvalue weighted by atomic mass is 35.5. The van der Waals surface area contributed by atoms with Crippen molar-refractivity contribution < 1.29 is 9.59 Å². The van der Waals surface area contributed by atoms with E-state index >= 15 is 0 Å². The topological polar surface area (TPSA) is 99.8 Å². The number of aromatic nitrogens is 3. The second kappa shape index (κ2) is 8.70. The molecule has 3 aromatic rings. The van der Waals surface area contributed by atoms with Gasteiger partial charge in [0.15, 0.2) is 5.82 Å². The number of nitrogens with zero attached hydrogens (tertiary/aromatic N) is 2. The summed E-state index contributed by atoms with van der Waals surface area (Å²) in [7, 11) is 0. The van der Waals surface area contributed by atoms with Gasteiger partial charge in [-0.2, -0.15) is 0 Å². The monoisotopic (exact) mass is 401 g/mol. The van der Waals surface area contributed by atoms with Gasteiger partial charge in [-0.15, -0.1) is 5.10 Å². The zero-order valence-electron chi connectivity index (χ0n) is 14.3. The number of anilines is 2. The van der Waals surface area contributed by atoms with Crippen molar-refractivity contribution in [1.82, 2.24) is 15.2 Å². The Morgan fingerprint density at radius 3 is 2.52 bits per heavy atom. The maximum Gasteiger partial charge on any atom is 0.234 e. The number of benzene rings is 2. The first-order valence-electron chi connectivity index (χ1n) is 7.98. The van der Waals surface area contributed by atoms with Crippen LogP contribution in [0.15, 0.2) is 53.7 Å². The summed E-state index contributed by atoms with van der Waals surface area (Å²) in [6, 6.07) is 14.2. The summed E-state index contributed by atoms with van der Waals surface area (Å²) in [5.41, 5.74) is 2.08. The van der Waals surface area contributed by atoms with Crippen molar-refractivity contribution in [2.24, 2.45) is 0 Å². The Balaban J connectivity index is 1.55. The fraction of sp³-hybridized carbons (Fsp3) is 0.111. The molecule has 1 aromatic heterocycles. The Bertz CT molecular complexity index is 958. The molecule has 2 aromatic carbocycles. The van der Waals surface area contributed by atoms with Gasteiger partial charge < -0.3 is 10.6 Å².